The molecule has 0 spiro atoms. The quantitative estimate of drug-likeness (QED) is 0.254. The highest BCUT2D eigenvalue weighted by molar-refractivity contribution is 5.80. The molecule has 1 fully saturated rings. The molecular formula is C27H31F2N3O7. The van der Waals surface area contributed by atoms with E-state index >= 15 is 0 Å². The van der Waals surface area contributed by atoms with Crippen molar-refractivity contribution in [2.75, 3.05) is 47.1 Å². The number of hydrogen-bond acceptors (Lipinski definition) is 7. The minimum atomic E-state index is -2.68. The SMILES string of the molecule is COCCOc1ccc(Cn2c(=O)c3cc(OCC(F)F)ccc3n(C3CCN(C=O)CC3)c2=O)cc1OC. The molecule has 0 atom stereocenters. The Balaban J connectivity index is 1.77. The number of ether oxygens (including phenoxy) is 4. The zero-order valence-electron chi connectivity index (χ0n) is 21.8. The fourth-order valence-corrected chi connectivity index (χ4v) is 4.70. The Morgan fingerprint density at radius 1 is 1.00 bits per heavy atom. The Morgan fingerprint density at radius 2 is 1.77 bits per heavy atom. The summed E-state index contributed by atoms with van der Waals surface area (Å²) in [6.07, 6.45) is -0.847. The summed E-state index contributed by atoms with van der Waals surface area (Å²) in [7, 11) is 3.06. The highest BCUT2D eigenvalue weighted by Gasteiger charge is 2.25. The van der Waals surface area contributed by atoms with Crippen LogP contribution in [0.3, 0.4) is 0 Å². The molecule has 1 amide bonds. The predicted octanol–water partition coefficient (Wildman–Crippen LogP) is 2.68. The Morgan fingerprint density at radius 3 is 2.44 bits per heavy atom. The van der Waals surface area contributed by atoms with Crippen molar-refractivity contribution in [1.29, 1.82) is 0 Å². The molecule has 12 heteroatoms. The van der Waals surface area contributed by atoms with E-state index in [0.717, 1.165) is 11.0 Å². The maximum absolute atomic E-state index is 13.8. The first-order chi connectivity index (χ1) is 18.9. The summed E-state index contributed by atoms with van der Waals surface area (Å²) in [5.74, 6) is 1.03. The highest BCUT2D eigenvalue weighted by Crippen LogP contribution is 2.29. The van der Waals surface area contributed by atoms with Gasteiger partial charge in [0.25, 0.3) is 12.0 Å². The van der Waals surface area contributed by atoms with Crippen molar-refractivity contribution in [1.82, 2.24) is 14.0 Å². The lowest BCUT2D eigenvalue weighted by atomic mass is 10.0. The fraction of sp³-hybridized carbons (Fsp3) is 0.444. The van der Waals surface area contributed by atoms with Gasteiger partial charge in [-0.25, -0.2) is 13.6 Å². The largest absolute Gasteiger partial charge is 0.493 e. The van der Waals surface area contributed by atoms with E-state index in [-0.39, 0.29) is 23.7 Å². The standard InChI is InChI=1S/C27H31F2N3O7/c1-36-11-12-38-23-6-3-18(13-24(23)37-2)15-31-26(34)21-14-20(39-16-25(28)29)4-5-22(21)32(27(31)35)19-7-9-30(17-33)10-8-19/h3-6,13-14,17,19,25H,7-12,15-16H2,1-2H3. The van der Waals surface area contributed by atoms with E-state index in [9.17, 15) is 23.2 Å². The molecule has 10 nitrogen and oxygen atoms in total. The van der Waals surface area contributed by atoms with Crippen molar-refractivity contribution in [3.8, 4) is 17.2 Å². The van der Waals surface area contributed by atoms with E-state index in [4.69, 9.17) is 18.9 Å². The average Bonchev–Trinajstić information content (AvgIpc) is 2.95. The molecular weight excluding hydrogens is 516 g/mol. The molecule has 0 aliphatic carbocycles. The van der Waals surface area contributed by atoms with Crippen molar-refractivity contribution in [2.45, 2.75) is 31.9 Å². The van der Waals surface area contributed by atoms with Crippen molar-refractivity contribution < 1.29 is 32.5 Å². The van der Waals surface area contributed by atoms with Crippen molar-refractivity contribution in [3.05, 3.63) is 62.8 Å². The second kappa shape index (κ2) is 12.7. The minimum Gasteiger partial charge on any atom is -0.493 e. The molecule has 0 radical (unpaired) electrons. The first kappa shape index (κ1) is 28.1. The van der Waals surface area contributed by atoms with Crippen LogP contribution >= 0.6 is 0 Å². The molecule has 0 bridgehead atoms. The van der Waals surface area contributed by atoms with Crippen LogP contribution in [0.1, 0.15) is 24.4 Å². The number of carbonyl (C=O) groups excluding carboxylic acids is 1. The zero-order valence-corrected chi connectivity index (χ0v) is 21.8. The number of carbonyl (C=O) groups is 1. The van der Waals surface area contributed by atoms with Crippen LogP contribution in [0.4, 0.5) is 8.78 Å². The monoisotopic (exact) mass is 547 g/mol. The number of nitrogens with zero attached hydrogens (tertiary/aromatic N) is 3. The van der Waals surface area contributed by atoms with Crippen LogP contribution in [0.25, 0.3) is 10.9 Å². The number of aromatic nitrogens is 2. The van der Waals surface area contributed by atoms with Gasteiger partial charge in [0.15, 0.2) is 11.5 Å². The Labute approximate surface area is 223 Å². The number of piperidine rings is 1. The summed E-state index contributed by atoms with van der Waals surface area (Å²) < 4.78 is 49.4. The van der Waals surface area contributed by atoms with Crippen molar-refractivity contribution >= 4 is 17.3 Å². The average molecular weight is 548 g/mol. The van der Waals surface area contributed by atoms with Crippen molar-refractivity contribution in [3.63, 3.8) is 0 Å². The second-order valence-electron chi connectivity index (χ2n) is 9.12. The number of rotatable bonds is 12. The van der Waals surface area contributed by atoms with Crippen LogP contribution in [0.2, 0.25) is 0 Å². The maximum atomic E-state index is 13.8. The molecule has 39 heavy (non-hydrogen) atoms. The lowest BCUT2D eigenvalue weighted by molar-refractivity contribution is -0.119. The molecule has 0 unspecified atom stereocenters. The summed E-state index contributed by atoms with van der Waals surface area (Å²) in [6.45, 7) is 0.780. The van der Waals surface area contributed by atoms with Gasteiger partial charge in [0.2, 0.25) is 6.41 Å². The molecule has 1 saturated heterocycles. The number of likely N-dealkylation sites (tertiary alicyclic amines) is 1. The van der Waals surface area contributed by atoms with Gasteiger partial charge in [-0.15, -0.1) is 0 Å². The van der Waals surface area contributed by atoms with Crippen molar-refractivity contribution in [2.24, 2.45) is 0 Å². The van der Waals surface area contributed by atoms with Crippen LogP contribution in [-0.4, -0.2) is 74.0 Å². The molecule has 1 aliphatic rings. The molecule has 1 aromatic heterocycles. The molecule has 0 N–H and O–H groups in total. The second-order valence-corrected chi connectivity index (χ2v) is 9.12. The third kappa shape index (κ3) is 6.39. The zero-order chi connectivity index (χ0) is 27.9. The lowest BCUT2D eigenvalue weighted by Crippen LogP contribution is -2.44. The van der Waals surface area contributed by atoms with Crippen LogP contribution in [0.5, 0.6) is 17.2 Å². The fourth-order valence-electron chi connectivity index (χ4n) is 4.70. The smallest absolute Gasteiger partial charge is 0.332 e. The van der Waals surface area contributed by atoms with Gasteiger partial charge in [-0.05, 0) is 48.7 Å². The molecule has 210 valence electrons. The van der Waals surface area contributed by atoms with Gasteiger partial charge in [-0.3, -0.25) is 18.7 Å². The summed E-state index contributed by atoms with van der Waals surface area (Å²) in [5, 5.41) is 0.172. The Bertz CT molecular complexity index is 1410. The van der Waals surface area contributed by atoms with Crippen LogP contribution in [0, 0.1) is 0 Å². The van der Waals surface area contributed by atoms with E-state index in [1.807, 2.05) is 0 Å². The Kier molecular flexibility index (Phi) is 9.18. The number of alkyl halides is 2. The number of hydrogen-bond donors (Lipinski definition) is 0. The van der Waals surface area contributed by atoms with Crippen LogP contribution in [-0.2, 0) is 16.1 Å². The topological polar surface area (TPSA) is 101 Å². The third-order valence-electron chi connectivity index (χ3n) is 6.64. The van der Waals surface area contributed by atoms with E-state index < -0.39 is 24.3 Å². The van der Waals surface area contributed by atoms with Gasteiger partial charge in [-0.1, -0.05) is 6.07 Å². The predicted molar refractivity (Wildman–Crippen MR) is 139 cm³/mol. The number of benzene rings is 2. The van der Waals surface area contributed by atoms with E-state index in [1.165, 1.54) is 19.2 Å². The number of methoxy groups -OCH3 is 2. The number of halogens is 2. The van der Waals surface area contributed by atoms with Gasteiger partial charge < -0.3 is 23.8 Å². The van der Waals surface area contributed by atoms with Gasteiger partial charge in [-0.2, -0.15) is 0 Å². The minimum absolute atomic E-state index is 0.0579. The summed E-state index contributed by atoms with van der Waals surface area (Å²) in [4.78, 5) is 40.2. The van der Waals surface area contributed by atoms with E-state index in [1.54, 1.807) is 40.8 Å². The van der Waals surface area contributed by atoms with Gasteiger partial charge in [0.1, 0.15) is 19.0 Å². The molecule has 0 saturated carbocycles. The molecule has 4 rings (SSSR count). The molecule has 2 heterocycles. The van der Waals surface area contributed by atoms with Gasteiger partial charge in [0.05, 0.1) is 31.2 Å². The highest BCUT2D eigenvalue weighted by atomic mass is 19.3. The summed E-state index contributed by atoms with van der Waals surface area (Å²) >= 11 is 0. The summed E-state index contributed by atoms with van der Waals surface area (Å²) in [5.41, 5.74) is -0.0669. The number of amides is 1. The first-order valence-electron chi connectivity index (χ1n) is 12.5. The molecule has 2 aromatic carbocycles. The van der Waals surface area contributed by atoms with Crippen LogP contribution in [0.15, 0.2) is 46.0 Å². The van der Waals surface area contributed by atoms with Gasteiger partial charge in [0, 0.05) is 26.2 Å². The third-order valence-corrected chi connectivity index (χ3v) is 6.64. The first-order valence-corrected chi connectivity index (χ1v) is 12.5. The molecule has 3 aromatic rings. The Hall–Kier alpha value is -3.93. The maximum Gasteiger partial charge on any atom is 0.332 e. The normalized spacial score (nSPS) is 14.1. The summed E-state index contributed by atoms with van der Waals surface area (Å²) in [6, 6.07) is 9.26. The lowest BCUT2D eigenvalue weighted by Gasteiger charge is -2.31. The van der Waals surface area contributed by atoms with Gasteiger partial charge >= 0.3 is 5.69 Å². The van der Waals surface area contributed by atoms with Crippen LogP contribution < -0.4 is 25.5 Å². The number of fused-ring (bicyclic) bond motifs is 1. The van der Waals surface area contributed by atoms with E-state index in [2.05, 4.69) is 0 Å². The van der Waals surface area contributed by atoms with E-state index in [0.29, 0.717) is 61.7 Å². The molecule has 1 aliphatic heterocycles.